The molecule has 1 fully saturated rings. The summed E-state index contributed by atoms with van der Waals surface area (Å²) in [4.78, 5) is 14.2. The van der Waals surface area contributed by atoms with Crippen LogP contribution in [0.15, 0.2) is 30.3 Å². The van der Waals surface area contributed by atoms with Crippen LogP contribution in [0, 0.1) is 5.92 Å². The van der Waals surface area contributed by atoms with Crippen LogP contribution in [0.3, 0.4) is 0 Å². The minimum absolute atomic E-state index is 0.159. The maximum Gasteiger partial charge on any atom is 0.253 e. The van der Waals surface area contributed by atoms with Gasteiger partial charge in [-0.3, -0.25) is 4.79 Å². The molecule has 0 radical (unpaired) electrons. The van der Waals surface area contributed by atoms with E-state index in [2.05, 4.69) is 12.2 Å². The molecule has 0 aromatic heterocycles. The van der Waals surface area contributed by atoms with Gasteiger partial charge in [0.2, 0.25) is 0 Å². The van der Waals surface area contributed by atoms with E-state index in [1.807, 2.05) is 42.3 Å². The quantitative estimate of drug-likeness (QED) is 0.842. The van der Waals surface area contributed by atoms with E-state index >= 15 is 0 Å². The molecule has 0 saturated carbocycles. The van der Waals surface area contributed by atoms with Gasteiger partial charge in [0.05, 0.1) is 0 Å². The van der Waals surface area contributed by atoms with Gasteiger partial charge in [-0.05, 0) is 31.5 Å². The molecule has 2 unspecified atom stereocenters. The molecule has 1 amide bonds. The number of nitrogens with zero attached hydrogens (tertiary/aromatic N) is 1. The first-order valence-corrected chi connectivity index (χ1v) is 6.24. The van der Waals surface area contributed by atoms with Crippen LogP contribution in [-0.2, 0) is 0 Å². The summed E-state index contributed by atoms with van der Waals surface area (Å²) < 4.78 is 0. The van der Waals surface area contributed by atoms with E-state index in [0.29, 0.717) is 12.0 Å². The maximum atomic E-state index is 12.2. The zero-order valence-electron chi connectivity index (χ0n) is 10.5. The molecule has 3 nitrogen and oxygen atoms in total. The van der Waals surface area contributed by atoms with Gasteiger partial charge in [-0.1, -0.05) is 25.1 Å². The largest absolute Gasteiger partial charge is 0.338 e. The van der Waals surface area contributed by atoms with E-state index in [-0.39, 0.29) is 5.91 Å². The number of carbonyl (C=O) groups excluding carboxylic acids is 1. The highest BCUT2D eigenvalue weighted by Crippen LogP contribution is 2.18. The van der Waals surface area contributed by atoms with Crippen LogP contribution < -0.4 is 5.32 Å². The smallest absolute Gasteiger partial charge is 0.253 e. The molecular formula is C14H20N2O. The number of likely N-dealkylation sites (tertiary alicyclic amines) is 1. The van der Waals surface area contributed by atoms with Crippen molar-refractivity contribution in [2.45, 2.75) is 19.4 Å². The lowest BCUT2D eigenvalue weighted by Crippen LogP contribution is -2.49. The predicted molar refractivity (Wildman–Crippen MR) is 69.0 cm³/mol. The number of hydrogen-bond donors (Lipinski definition) is 1. The van der Waals surface area contributed by atoms with E-state index in [1.165, 1.54) is 0 Å². The average molecular weight is 232 g/mol. The van der Waals surface area contributed by atoms with E-state index < -0.39 is 0 Å². The Balaban J connectivity index is 2.03. The Morgan fingerprint density at radius 1 is 1.35 bits per heavy atom. The fraction of sp³-hybridized carbons (Fsp3) is 0.500. The van der Waals surface area contributed by atoms with Crippen molar-refractivity contribution in [1.82, 2.24) is 10.2 Å². The Kier molecular flexibility index (Phi) is 3.79. The molecule has 0 aliphatic carbocycles. The van der Waals surface area contributed by atoms with E-state index in [4.69, 9.17) is 0 Å². The van der Waals surface area contributed by atoms with Gasteiger partial charge in [0, 0.05) is 24.7 Å². The third-order valence-corrected chi connectivity index (χ3v) is 3.58. The van der Waals surface area contributed by atoms with Gasteiger partial charge in [-0.2, -0.15) is 0 Å². The summed E-state index contributed by atoms with van der Waals surface area (Å²) in [5, 5.41) is 3.31. The molecule has 3 heteroatoms. The zero-order chi connectivity index (χ0) is 12.3. The molecule has 0 bridgehead atoms. The van der Waals surface area contributed by atoms with E-state index in [0.717, 1.165) is 25.1 Å². The maximum absolute atomic E-state index is 12.2. The van der Waals surface area contributed by atoms with Gasteiger partial charge in [0.25, 0.3) is 5.91 Å². The molecule has 1 heterocycles. The Morgan fingerprint density at radius 3 is 2.65 bits per heavy atom. The topological polar surface area (TPSA) is 32.3 Å². The first-order valence-electron chi connectivity index (χ1n) is 6.24. The first-order chi connectivity index (χ1) is 8.22. The summed E-state index contributed by atoms with van der Waals surface area (Å²) in [5.74, 6) is 0.674. The van der Waals surface area contributed by atoms with Crippen molar-refractivity contribution in [2.24, 2.45) is 5.92 Å². The molecule has 1 aliphatic rings. The van der Waals surface area contributed by atoms with Crippen LogP contribution in [0.2, 0.25) is 0 Å². The zero-order valence-corrected chi connectivity index (χ0v) is 10.5. The van der Waals surface area contributed by atoms with Crippen LogP contribution in [0.4, 0.5) is 0 Å². The third kappa shape index (κ3) is 2.67. The Hall–Kier alpha value is -1.35. The third-order valence-electron chi connectivity index (χ3n) is 3.58. The lowest BCUT2D eigenvalue weighted by Gasteiger charge is -2.36. The second-order valence-electron chi connectivity index (χ2n) is 4.78. The number of piperidine rings is 1. The van der Waals surface area contributed by atoms with Crippen LogP contribution >= 0.6 is 0 Å². The number of amides is 1. The highest BCUT2D eigenvalue weighted by Gasteiger charge is 2.27. The van der Waals surface area contributed by atoms with Crippen molar-refractivity contribution in [1.29, 1.82) is 0 Å². The van der Waals surface area contributed by atoms with Crippen LogP contribution in [-0.4, -0.2) is 37.0 Å². The van der Waals surface area contributed by atoms with Gasteiger partial charge in [0.1, 0.15) is 0 Å². The molecule has 1 aliphatic heterocycles. The van der Waals surface area contributed by atoms with Crippen LogP contribution in [0.1, 0.15) is 23.7 Å². The van der Waals surface area contributed by atoms with Gasteiger partial charge in [0.15, 0.2) is 0 Å². The SMILES string of the molecule is CNC1CCN(C(=O)c2ccccc2)CC1C. The summed E-state index contributed by atoms with van der Waals surface area (Å²) in [6.07, 6.45) is 1.04. The standard InChI is InChI=1S/C14H20N2O/c1-11-10-16(9-8-13(11)15-2)14(17)12-6-4-3-5-7-12/h3-7,11,13,15H,8-10H2,1-2H3. The molecule has 2 rings (SSSR count). The summed E-state index contributed by atoms with van der Waals surface area (Å²) in [7, 11) is 2.00. The van der Waals surface area contributed by atoms with Crippen molar-refractivity contribution >= 4 is 5.91 Å². The molecule has 1 aromatic carbocycles. The van der Waals surface area contributed by atoms with Crippen molar-refractivity contribution in [3.05, 3.63) is 35.9 Å². The lowest BCUT2D eigenvalue weighted by molar-refractivity contribution is 0.0649. The molecule has 92 valence electrons. The van der Waals surface area contributed by atoms with E-state index in [9.17, 15) is 4.79 Å². The van der Waals surface area contributed by atoms with Gasteiger partial charge in [-0.15, -0.1) is 0 Å². The van der Waals surface area contributed by atoms with Gasteiger partial charge < -0.3 is 10.2 Å². The van der Waals surface area contributed by atoms with Crippen LogP contribution in [0.25, 0.3) is 0 Å². The first kappa shape index (κ1) is 12.1. The molecule has 2 atom stereocenters. The number of carbonyl (C=O) groups is 1. The molecule has 1 saturated heterocycles. The lowest BCUT2D eigenvalue weighted by atomic mass is 9.93. The fourth-order valence-electron chi connectivity index (χ4n) is 2.52. The Morgan fingerprint density at radius 2 is 2.06 bits per heavy atom. The second kappa shape index (κ2) is 5.32. The monoisotopic (exact) mass is 232 g/mol. The van der Waals surface area contributed by atoms with Crippen molar-refractivity contribution in [2.75, 3.05) is 20.1 Å². The number of nitrogens with one attached hydrogen (secondary N) is 1. The normalized spacial score (nSPS) is 24.7. The van der Waals surface area contributed by atoms with Crippen molar-refractivity contribution < 1.29 is 4.79 Å². The summed E-state index contributed by atoms with van der Waals surface area (Å²) in [6.45, 7) is 3.90. The fourth-order valence-corrected chi connectivity index (χ4v) is 2.52. The van der Waals surface area contributed by atoms with Crippen molar-refractivity contribution in [3.8, 4) is 0 Å². The molecule has 0 spiro atoms. The number of benzene rings is 1. The van der Waals surface area contributed by atoms with E-state index in [1.54, 1.807) is 0 Å². The molecule has 1 aromatic rings. The molecule has 17 heavy (non-hydrogen) atoms. The van der Waals surface area contributed by atoms with Gasteiger partial charge in [-0.25, -0.2) is 0 Å². The molecular weight excluding hydrogens is 212 g/mol. The minimum atomic E-state index is 0.159. The number of hydrogen-bond acceptors (Lipinski definition) is 2. The minimum Gasteiger partial charge on any atom is -0.338 e. The second-order valence-corrected chi connectivity index (χ2v) is 4.78. The Labute approximate surface area is 103 Å². The highest BCUT2D eigenvalue weighted by molar-refractivity contribution is 5.94. The molecule has 1 N–H and O–H groups in total. The average Bonchev–Trinajstić information content (AvgIpc) is 2.39. The Bertz CT molecular complexity index is 377. The number of rotatable bonds is 2. The van der Waals surface area contributed by atoms with Crippen molar-refractivity contribution in [3.63, 3.8) is 0 Å². The summed E-state index contributed by atoms with van der Waals surface area (Å²) in [6, 6.07) is 10.1. The highest BCUT2D eigenvalue weighted by atomic mass is 16.2. The summed E-state index contributed by atoms with van der Waals surface area (Å²) >= 11 is 0. The van der Waals surface area contributed by atoms with Gasteiger partial charge >= 0.3 is 0 Å². The van der Waals surface area contributed by atoms with Crippen LogP contribution in [0.5, 0.6) is 0 Å². The predicted octanol–water partition coefficient (Wildman–Crippen LogP) is 1.76. The summed E-state index contributed by atoms with van der Waals surface area (Å²) in [5.41, 5.74) is 0.794.